The zero-order chi connectivity index (χ0) is 36.6. The van der Waals surface area contributed by atoms with E-state index in [1.165, 1.54) is 43.5 Å². The van der Waals surface area contributed by atoms with Gasteiger partial charge >= 0.3 is 0 Å². The fraction of sp³-hybridized carbons (Fsp3) is 0.0909. The highest BCUT2D eigenvalue weighted by molar-refractivity contribution is 7.03. The molecule has 4 heterocycles. The Bertz CT molecular complexity index is 2470. The Morgan fingerprint density at radius 3 is 1.00 bits per heavy atom. The Hall–Kier alpha value is -6.37. The summed E-state index contributed by atoms with van der Waals surface area (Å²) >= 11 is 0. The van der Waals surface area contributed by atoms with Crippen LogP contribution in [0.25, 0.3) is 33.5 Å². The average Bonchev–Trinajstić information content (AvgIpc) is 3.21. The molecule has 0 bridgehead atoms. The maximum Gasteiger partial charge on any atom is 0.163 e. The number of hydrogen-bond donors (Lipinski definition) is 0. The first-order valence-corrected chi connectivity index (χ1v) is 24.2. The SMILES string of the molecule is C[Si]1(C)c2ccccc2N(c2cc(-c3ncncn3)c3cc(N4c5ccccc5[Si](C)(C)c5ccccc54)cc(-c4ncncn4)c3c2)c2ccccc21. The standard InChI is InChI=1S/C44H36N8Si2/c1-53(2)39-17-9-5-13-35(39)51(36-14-6-10-18-40(36)53)29-21-31-32(33(23-29)43-47-25-45-26-48-43)22-30(24-34(31)44-49-27-46-28-50-44)52-37-15-7-11-19-41(37)54(3,4)42-20-12-8-16-38(42)52/h5-28H,1-4H3. The van der Waals surface area contributed by atoms with Crippen molar-refractivity contribution in [1.82, 2.24) is 29.9 Å². The van der Waals surface area contributed by atoms with Gasteiger partial charge in [0.05, 0.1) is 0 Å². The van der Waals surface area contributed by atoms with Crippen molar-refractivity contribution in [3.05, 3.63) is 147 Å². The van der Waals surface area contributed by atoms with Gasteiger partial charge in [0, 0.05) is 45.3 Å². The second-order valence-corrected chi connectivity index (χ2v) is 23.6. The molecule has 0 unspecified atom stereocenters. The predicted octanol–water partition coefficient (Wildman–Crippen LogP) is 7.76. The fourth-order valence-electron chi connectivity index (χ4n) is 8.71. The van der Waals surface area contributed by atoms with Crippen molar-refractivity contribution in [3.63, 3.8) is 0 Å². The second kappa shape index (κ2) is 12.1. The summed E-state index contributed by atoms with van der Waals surface area (Å²) in [6.07, 6.45) is 6.28. The largest absolute Gasteiger partial charge is 0.311 e. The topological polar surface area (TPSA) is 83.8 Å². The summed E-state index contributed by atoms with van der Waals surface area (Å²) in [5.41, 5.74) is 8.58. The Morgan fingerprint density at radius 2 is 0.685 bits per heavy atom. The lowest BCUT2D eigenvalue weighted by Gasteiger charge is -2.41. The maximum absolute atomic E-state index is 4.75. The molecule has 0 amide bonds. The molecule has 0 aliphatic carbocycles. The molecule has 8 aromatic rings. The quantitative estimate of drug-likeness (QED) is 0.170. The number of aromatic nitrogens is 6. The van der Waals surface area contributed by atoms with Crippen molar-refractivity contribution in [2.24, 2.45) is 0 Å². The van der Waals surface area contributed by atoms with Crippen molar-refractivity contribution >= 4 is 81.8 Å². The van der Waals surface area contributed by atoms with E-state index in [2.05, 4.69) is 167 Å². The van der Waals surface area contributed by atoms with E-state index in [-0.39, 0.29) is 0 Å². The smallest absolute Gasteiger partial charge is 0.163 e. The summed E-state index contributed by atoms with van der Waals surface area (Å²) in [6.45, 7) is 9.78. The number of para-hydroxylation sites is 4. The Labute approximate surface area is 316 Å². The second-order valence-electron chi connectivity index (χ2n) is 15.0. The van der Waals surface area contributed by atoms with Gasteiger partial charge in [0.1, 0.15) is 41.5 Å². The van der Waals surface area contributed by atoms with Crippen LogP contribution in [0.1, 0.15) is 0 Å². The van der Waals surface area contributed by atoms with Gasteiger partial charge in [-0.2, -0.15) is 0 Å². The molecular formula is C44H36N8Si2. The summed E-state index contributed by atoms with van der Waals surface area (Å²) in [5.74, 6) is 1.19. The van der Waals surface area contributed by atoms with Gasteiger partial charge in [-0.15, -0.1) is 0 Å². The molecule has 54 heavy (non-hydrogen) atoms. The van der Waals surface area contributed by atoms with Crippen LogP contribution >= 0.6 is 0 Å². The highest BCUT2D eigenvalue weighted by Crippen LogP contribution is 2.47. The van der Waals surface area contributed by atoms with Crippen molar-refractivity contribution in [3.8, 4) is 22.8 Å². The minimum atomic E-state index is -2.00. The Morgan fingerprint density at radius 1 is 0.389 bits per heavy atom. The number of anilines is 6. The molecule has 0 spiro atoms. The summed E-state index contributed by atoms with van der Waals surface area (Å²) in [6, 6.07) is 44.5. The van der Waals surface area contributed by atoms with Crippen LogP contribution in [0.15, 0.2) is 147 Å². The van der Waals surface area contributed by atoms with E-state index in [9.17, 15) is 0 Å². The molecule has 0 atom stereocenters. The van der Waals surface area contributed by atoms with Crippen molar-refractivity contribution in [2.75, 3.05) is 9.80 Å². The summed E-state index contributed by atoms with van der Waals surface area (Å²) in [7, 11) is -4.00. The molecule has 0 saturated heterocycles. The Kier molecular flexibility index (Phi) is 7.23. The van der Waals surface area contributed by atoms with Crippen molar-refractivity contribution < 1.29 is 0 Å². The molecule has 0 saturated carbocycles. The van der Waals surface area contributed by atoms with Crippen molar-refractivity contribution in [2.45, 2.75) is 26.2 Å². The normalized spacial score (nSPS) is 14.9. The first-order chi connectivity index (χ1) is 26.3. The van der Waals surface area contributed by atoms with Crippen LogP contribution < -0.4 is 30.5 Å². The van der Waals surface area contributed by atoms with Crippen LogP contribution in [-0.4, -0.2) is 46.1 Å². The maximum atomic E-state index is 4.75. The minimum absolute atomic E-state index is 0.594. The number of nitrogens with zero attached hydrogens (tertiary/aromatic N) is 8. The van der Waals surface area contributed by atoms with Crippen LogP contribution in [0.4, 0.5) is 34.1 Å². The molecule has 0 N–H and O–H groups in total. The van der Waals surface area contributed by atoms with E-state index in [0.717, 1.165) is 33.3 Å². The fourth-order valence-corrected chi connectivity index (χ4v) is 14.7. The van der Waals surface area contributed by atoms with Gasteiger partial charge in [-0.3, -0.25) is 0 Å². The van der Waals surface area contributed by atoms with Crippen molar-refractivity contribution in [1.29, 1.82) is 0 Å². The molecular weight excluding hydrogens is 697 g/mol. The van der Waals surface area contributed by atoms with Gasteiger partial charge in [0.2, 0.25) is 0 Å². The molecule has 10 heteroatoms. The van der Waals surface area contributed by atoms with E-state index in [1.807, 2.05) is 0 Å². The van der Waals surface area contributed by atoms with Gasteiger partial charge in [-0.25, -0.2) is 29.9 Å². The minimum Gasteiger partial charge on any atom is -0.311 e. The molecule has 2 aromatic heterocycles. The molecule has 2 aliphatic rings. The molecule has 0 fully saturated rings. The third-order valence-electron chi connectivity index (χ3n) is 11.3. The average molecular weight is 733 g/mol. The van der Waals surface area contributed by atoms with E-state index in [0.29, 0.717) is 11.6 Å². The van der Waals surface area contributed by atoms with Crippen LogP contribution in [0.3, 0.4) is 0 Å². The lowest BCUT2D eigenvalue weighted by molar-refractivity contribution is 1.06. The first kappa shape index (κ1) is 32.3. The van der Waals surface area contributed by atoms with Gasteiger partial charge < -0.3 is 9.80 Å². The Balaban J connectivity index is 1.31. The number of hydrogen-bond acceptors (Lipinski definition) is 8. The summed E-state index contributed by atoms with van der Waals surface area (Å²) in [4.78, 5) is 32.2. The van der Waals surface area contributed by atoms with E-state index < -0.39 is 16.1 Å². The zero-order valence-electron chi connectivity index (χ0n) is 30.4. The highest BCUT2D eigenvalue weighted by Gasteiger charge is 2.40. The van der Waals surface area contributed by atoms with Gasteiger partial charge in [-0.1, -0.05) is 99.0 Å². The van der Waals surface area contributed by atoms with Crippen LogP contribution in [0.2, 0.25) is 26.2 Å². The summed E-state index contributed by atoms with van der Waals surface area (Å²) in [5, 5.41) is 7.56. The molecule has 2 aliphatic heterocycles. The highest BCUT2D eigenvalue weighted by atomic mass is 28.3. The molecule has 0 radical (unpaired) electrons. The van der Waals surface area contributed by atoms with Crippen LogP contribution in [0, 0.1) is 0 Å². The molecule has 260 valence electrons. The predicted molar refractivity (Wildman–Crippen MR) is 224 cm³/mol. The number of rotatable bonds is 4. The van der Waals surface area contributed by atoms with E-state index in [4.69, 9.17) is 19.9 Å². The summed E-state index contributed by atoms with van der Waals surface area (Å²) < 4.78 is 0. The number of benzene rings is 6. The molecule has 10 rings (SSSR count). The van der Waals surface area contributed by atoms with Crippen LogP contribution in [-0.2, 0) is 0 Å². The lowest BCUT2D eigenvalue weighted by atomic mass is 9.95. The van der Waals surface area contributed by atoms with Gasteiger partial charge in [0.15, 0.2) is 11.6 Å². The van der Waals surface area contributed by atoms with E-state index >= 15 is 0 Å². The third-order valence-corrected chi connectivity index (χ3v) is 18.4. The molecule has 6 aromatic carbocycles. The number of fused-ring (bicyclic) bond motifs is 5. The van der Waals surface area contributed by atoms with Crippen LogP contribution in [0.5, 0.6) is 0 Å². The zero-order valence-corrected chi connectivity index (χ0v) is 32.4. The molecule has 8 nitrogen and oxygen atoms in total. The van der Waals surface area contributed by atoms with E-state index in [1.54, 1.807) is 25.3 Å². The first-order valence-electron chi connectivity index (χ1n) is 18.2. The van der Waals surface area contributed by atoms with Gasteiger partial charge in [0.25, 0.3) is 0 Å². The lowest BCUT2D eigenvalue weighted by Crippen LogP contribution is -2.58. The third kappa shape index (κ3) is 4.80. The van der Waals surface area contributed by atoms with Gasteiger partial charge in [-0.05, 0) is 80.1 Å². The monoisotopic (exact) mass is 732 g/mol.